The summed E-state index contributed by atoms with van der Waals surface area (Å²) in [5.41, 5.74) is 0.396. The van der Waals surface area contributed by atoms with Gasteiger partial charge in [0.15, 0.2) is 5.67 Å². The molecule has 0 bridgehead atoms. The van der Waals surface area contributed by atoms with Crippen molar-refractivity contribution in [3.8, 4) is 0 Å². The van der Waals surface area contributed by atoms with Crippen molar-refractivity contribution in [2.45, 2.75) is 18.5 Å². The number of aliphatic imine (C=N–C) groups is 1. The fourth-order valence-electron chi connectivity index (χ4n) is 3.32. The summed E-state index contributed by atoms with van der Waals surface area (Å²) in [5, 5.41) is 2.20. The van der Waals surface area contributed by atoms with E-state index in [1.165, 1.54) is 11.3 Å². The van der Waals surface area contributed by atoms with Crippen LogP contribution in [-0.4, -0.2) is 41.6 Å². The molecule has 4 nitrogen and oxygen atoms in total. The van der Waals surface area contributed by atoms with E-state index in [2.05, 4.69) is 9.98 Å². The molecule has 0 aliphatic carbocycles. The van der Waals surface area contributed by atoms with Gasteiger partial charge in [-0.15, -0.1) is 11.3 Å². The highest BCUT2D eigenvalue weighted by atomic mass is 35.5. The van der Waals surface area contributed by atoms with Crippen molar-refractivity contribution in [1.82, 2.24) is 9.88 Å². The van der Waals surface area contributed by atoms with Gasteiger partial charge in [0, 0.05) is 54.2 Å². The largest absolute Gasteiger partial charge is 0.338 e. The molecule has 0 N–H and O–H groups in total. The first kappa shape index (κ1) is 17.4. The lowest BCUT2D eigenvalue weighted by Crippen LogP contribution is -2.43. The smallest absolute Gasteiger partial charge is 0.254 e. The number of pyridine rings is 1. The van der Waals surface area contributed by atoms with Gasteiger partial charge in [0.05, 0.1) is 22.8 Å². The first-order valence-electron chi connectivity index (χ1n) is 8.45. The van der Waals surface area contributed by atoms with Crippen LogP contribution in [0.1, 0.15) is 33.8 Å². The molecule has 0 atom stereocenters. The van der Waals surface area contributed by atoms with Gasteiger partial charge < -0.3 is 4.90 Å². The van der Waals surface area contributed by atoms with Crippen molar-refractivity contribution >= 4 is 40.6 Å². The van der Waals surface area contributed by atoms with Crippen LogP contribution in [0.15, 0.2) is 40.8 Å². The van der Waals surface area contributed by atoms with Crippen LogP contribution in [0, 0.1) is 0 Å². The van der Waals surface area contributed by atoms with E-state index < -0.39 is 5.67 Å². The minimum Gasteiger partial charge on any atom is -0.338 e. The summed E-state index contributed by atoms with van der Waals surface area (Å²) in [4.78, 5) is 23.8. The number of piperidine rings is 1. The van der Waals surface area contributed by atoms with Crippen molar-refractivity contribution in [2.75, 3.05) is 19.6 Å². The second-order valence-electron chi connectivity index (χ2n) is 6.44. The molecule has 1 saturated heterocycles. The maximum atomic E-state index is 15.3. The summed E-state index contributed by atoms with van der Waals surface area (Å²) in [7, 11) is 0. The maximum Gasteiger partial charge on any atom is 0.254 e. The molecular formula is C19H17ClFN3OS. The van der Waals surface area contributed by atoms with Crippen molar-refractivity contribution in [3.05, 3.63) is 57.0 Å². The second-order valence-corrected chi connectivity index (χ2v) is 7.76. The van der Waals surface area contributed by atoms with Crippen LogP contribution in [0.25, 0.3) is 5.57 Å². The SMILES string of the molecule is O=C(c1csc(C2=CCN=C2)c1)N1CCC(F)(c2ncccc2Cl)CC1. The Morgan fingerprint density at radius 2 is 2.15 bits per heavy atom. The molecule has 0 aromatic carbocycles. The standard InChI is InChI=1S/C19H17ClFN3OS/c20-15-2-1-6-23-17(15)19(21)4-8-24(9-5-19)18(25)14-10-16(26-12-14)13-3-7-22-11-13/h1-3,6,10-12H,4-5,7-9H2. The van der Waals surface area contributed by atoms with Gasteiger partial charge in [0.25, 0.3) is 5.91 Å². The summed E-state index contributed by atoms with van der Waals surface area (Å²) < 4.78 is 15.3. The number of halogens is 2. The molecule has 2 aromatic heterocycles. The Bertz CT molecular complexity index is 900. The summed E-state index contributed by atoms with van der Waals surface area (Å²) in [6.45, 7) is 1.38. The van der Waals surface area contributed by atoms with E-state index in [4.69, 9.17) is 11.6 Å². The van der Waals surface area contributed by atoms with E-state index in [-0.39, 0.29) is 24.4 Å². The molecule has 4 rings (SSSR count). The number of aromatic nitrogens is 1. The van der Waals surface area contributed by atoms with Crippen molar-refractivity contribution in [2.24, 2.45) is 4.99 Å². The molecule has 2 aromatic rings. The first-order chi connectivity index (χ1) is 12.6. The average molecular weight is 390 g/mol. The van der Waals surface area contributed by atoms with Crippen molar-refractivity contribution in [1.29, 1.82) is 0 Å². The number of nitrogens with zero attached hydrogens (tertiary/aromatic N) is 3. The molecule has 7 heteroatoms. The van der Waals surface area contributed by atoms with E-state index >= 15 is 4.39 Å². The molecular weight excluding hydrogens is 373 g/mol. The van der Waals surface area contributed by atoms with Gasteiger partial charge in [0.2, 0.25) is 0 Å². The molecule has 0 saturated carbocycles. The Labute approximate surface area is 160 Å². The number of hydrogen-bond donors (Lipinski definition) is 0. The fourth-order valence-corrected chi connectivity index (χ4v) is 4.50. The zero-order chi connectivity index (χ0) is 18.1. The van der Waals surface area contributed by atoms with Crippen molar-refractivity contribution in [3.63, 3.8) is 0 Å². The number of amides is 1. The quantitative estimate of drug-likeness (QED) is 0.782. The first-order valence-corrected chi connectivity index (χ1v) is 9.71. The minimum absolute atomic E-state index is 0.0581. The Morgan fingerprint density at radius 3 is 2.85 bits per heavy atom. The normalized spacial score (nSPS) is 18.8. The molecule has 4 heterocycles. The summed E-state index contributed by atoms with van der Waals surface area (Å²) in [5.74, 6) is -0.0581. The zero-order valence-corrected chi connectivity index (χ0v) is 15.6. The lowest BCUT2D eigenvalue weighted by molar-refractivity contribution is 0.0403. The van der Waals surface area contributed by atoms with Crippen LogP contribution in [-0.2, 0) is 5.67 Å². The topological polar surface area (TPSA) is 45.6 Å². The van der Waals surface area contributed by atoms with Gasteiger partial charge in [-0.25, -0.2) is 4.39 Å². The van der Waals surface area contributed by atoms with Crippen LogP contribution >= 0.6 is 22.9 Å². The average Bonchev–Trinajstić information content (AvgIpc) is 3.33. The zero-order valence-electron chi connectivity index (χ0n) is 14.0. The number of hydrogen-bond acceptors (Lipinski definition) is 4. The lowest BCUT2D eigenvalue weighted by atomic mass is 9.89. The van der Waals surface area contributed by atoms with Crippen LogP contribution in [0.2, 0.25) is 5.02 Å². The van der Waals surface area contributed by atoms with E-state index in [1.807, 2.05) is 23.7 Å². The highest BCUT2D eigenvalue weighted by Gasteiger charge is 2.40. The molecule has 1 fully saturated rings. The molecule has 1 amide bonds. The molecule has 0 unspecified atom stereocenters. The number of allylic oxidation sites excluding steroid dienone is 1. The van der Waals surface area contributed by atoms with E-state index in [0.29, 0.717) is 30.2 Å². The number of alkyl halides is 1. The Balaban J connectivity index is 1.45. The van der Waals surface area contributed by atoms with Gasteiger partial charge in [-0.2, -0.15) is 0 Å². The van der Waals surface area contributed by atoms with Gasteiger partial charge in [0.1, 0.15) is 0 Å². The summed E-state index contributed by atoms with van der Waals surface area (Å²) >= 11 is 7.64. The van der Waals surface area contributed by atoms with Gasteiger partial charge >= 0.3 is 0 Å². The van der Waals surface area contributed by atoms with Crippen LogP contribution in [0.4, 0.5) is 4.39 Å². The number of carbonyl (C=O) groups is 1. The third-order valence-electron chi connectivity index (χ3n) is 4.80. The second kappa shape index (κ2) is 6.93. The molecule has 2 aliphatic rings. The predicted octanol–water partition coefficient (Wildman–Crippen LogP) is 4.37. The Morgan fingerprint density at radius 1 is 1.35 bits per heavy atom. The van der Waals surface area contributed by atoms with Crippen molar-refractivity contribution < 1.29 is 9.18 Å². The lowest BCUT2D eigenvalue weighted by Gasteiger charge is -2.36. The van der Waals surface area contributed by atoms with E-state index in [1.54, 1.807) is 23.2 Å². The number of rotatable bonds is 3. The molecule has 134 valence electrons. The van der Waals surface area contributed by atoms with Gasteiger partial charge in [-0.1, -0.05) is 17.7 Å². The van der Waals surface area contributed by atoms with Crippen LogP contribution in [0.5, 0.6) is 0 Å². The highest BCUT2D eigenvalue weighted by molar-refractivity contribution is 7.11. The van der Waals surface area contributed by atoms with E-state index in [0.717, 1.165) is 10.5 Å². The summed E-state index contributed by atoms with van der Waals surface area (Å²) in [6.07, 6.45) is 5.81. The molecule has 0 radical (unpaired) electrons. The number of carbonyl (C=O) groups excluding carboxylic acids is 1. The molecule has 26 heavy (non-hydrogen) atoms. The number of thiophene rings is 1. The van der Waals surface area contributed by atoms with Crippen LogP contribution in [0.3, 0.4) is 0 Å². The Kier molecular flexibility index (Phi) is 4.63. The van der Waals surface area contributed by atoms with Gasteiger partial charge in [-0.05, 0) is 18.2 Å². The predicted molar refractivity (Wildman–Crippen MR) is 103 cm³/mol. The van der Waals surface area contributed by atoms with Gasteiger partial charge in [-0.3, -0.25) is 14.8 Å². The third-order valence-corrected chi connectivity index (χ3v) is 6.09. The minimum atomic E-state index is -1.58. The highest BCUT2D eigenvalue weighted by Crippen LogP contribution is 2.39. The Hall–Kier alpha value is -2.05. The maximum absolute atomic E-state index is 15.3. The third kappa shape index (κ3) is 3.19. The summed E-state index contributed by atoms with van der Waals surface area (Å²) in [6, 6.07) is 5.23. The van der Waals surface area contributed by atoms with Crippen LogP contribution < -0.4 is 0 Å². The number of likely N-dealkylation sites (tertiary alicyclic amines) is 1. The van der Waals surface area contributed by atoms with E-state index in [9.17, 15) is 4.79 Å². The molecule has 0 spiro atoms. The molecule has 2 aliphatic heterocycles. The monoisotopic (exact) mass is 389 g/mol. The fraction of sp³-hybridized carbons (Fsp3) is 0.316.